The number of hydrogen-bond acceptors (Lipinski definition) is 2. The summed E-state index contributed by atoms with van der Waals surface area (Å²) in [4.78, 5) is 0. The molecule has 2 rings (SSSR count). The van der Waals surface area contributed by atoms with Gasteiger partial charge in [0.15, 0.2) is 0 Å². The Morgan fingerprint density at radius 2 is 2.00 bits per heavy atom. The Bertz CT molecular complexity index is 448. The minimum Gasteiger partial charge on any atom is -0.369 e. The first kappa shape index (κ1) is 11.7. The van der Waals surface area contributed by atoms with E-state index in [-0.39, 0.29) is 0 Å². The van der Waals surface area contributed by atoms with Crippen LogP contribution in [0, 0.1) is 0 Å². The van der Waals surface area contributed by atoms with Crippen molar-refractivity contribution in [1.29, 1.82) is 0 Å². The van der Waals surface area contributed by atoms with Gasteiger partial charge in [-0.1, -0.05) is 37.3 Å². The fourth-order valence-electron chi connectivity index (χ4n) is 1.87. The van der Waals surface area contributed by atoms with Gasteiger partial charge in [-0.05, 0) is 17.9 Å². The van der Waals surface area contributed by atoms with E-state index in [4.69, 9.17) is 0 Å². The van der Waals surface area contributed by atoms with E-state index in [0.717, 1.165) is 18.8 Å². The summed E-state index contributed by atoms with van der Waals surface area (Å²) in [5.74, 6) is 1.53. The van der Waals surface area contributed by atoms with Gasteiger partial charge < -0.3 is 5.32 Å². The fourth-order valence-corrected chi connectivity index (χ4v) is 1.87. The van der Waals surface area contributed by atoms with Crippen LogP contribution in [0.15, 0.2) is 42.6 Å². The molecule has 0 radical (unpaired) electrons. The fraction of sp³-hybridized carbons (Fsp3) is 0.357. The van der Waals surface area contributed by atoms with E-state index in [1.54, 1.807) is 0 Å². The van der Waals surface area contributed by atoms with Crippen molar-refractivity contribution in [3.05, 3.63) is 48.2 Å². The van der Waals surface area contributed by atoms with E-state index >= 15 is 0 Å². The average molecular weight is 229 g/mol. The van der Waals surface area contributed by atoms with Crippen molar-refractivity contribution >= 4 is 5.82 Å². The second kappa shape index (κ2) is 5.53. The quantitative estimate of drug-likeness (QED) is 0.854. The number of nitrogens with one attached hydrogen (secondary N) is 1. The molecule has 0 bridgehead atoms. The van der Waals surface area contributed by atoms with Crippen LogP contribution in [0.5, 0.6) is 0 Å². The third-order valence-corrected chi connectivity index (χ3v) is 2.97. The smallest absolute Gasteiger partial charge is 0.147 e. The van der Waals surface area contributed by atoms with E-state index in [0.29, 0.717) is 5.92 Å². The van der Waals surface area contributed by atoms with Gasteiger partial charge in [-0.25, -0.2) is 0 Å². The SMILES string of the molecule is CC(CCNc1ccn(C)n1)c1ccccc1. The normalized spacial score (nSPS) is 12.4. The van der Waals surface area contributed by atoms with Crippen molar-refractivity contribution in [2.75, 3.05) is 11.9 Å². The second-order valence-electron chi connectivity index (χ2n) is 4.40. The molecule has 0 saturated heterocycles. The third-order valence-electron chi connectivity index (χ3n) is 2.97. The molecule has 0 aliphatic heterocycles. The number of hydrogen-bond donors (Lipinski definition) is 1. The number of rotatable bonds is 5. The minimum atomic E-state index is 0.576. The summed E-state index contributed by atoms with van der Waals surface area (Å²) in [7, 11) is 1.93. The number of benzene rings is 1. The lowest BCUT2D eigenvalue weighted by Crippen LogP contribution is -2.06. The lowest BCUT2D eigenvalue weighted by molar-refractivity contribution is 0.701. The van der Waals surface area contributed by atoms with Gasteiger partial charge in [-0.3, -0.25) is 4.68 Å². The molecule has 2 aromatic rings. The monoisotopic (exact) mass is 229 g/mol. The zero-order valence-electron chi connectivity index (χ0n) is 10.4. The molecule has 1 heterocycles. The van der Waals surface area contributed by atoms with Crippen molar-refractivity contribution in [2.45, 2.75) is 19.3 Å². The highest BCUT2D eigenvalue weighted by Gasteiger charge is 2.04. The van der Waals surface area contributed by atoms with E-state index in [2.05, 4.69) is 47.7 Å². The Kier molecular flexibility index (Phi) is 3.81. The Hall–Kier alpha value is -1.77. The van der Waals surface area contributed by atoms with E-state index in [1.165, 1.54) is 5.56 Å². The first-order chi connectivity index (χ1) is 8.25. The van der Waals surface area contributed by atoms with Crippen molar-refractivity contribution < 1.29 is 0 Å². The van der Waals surface area contributed by atoms with Gasteiger partial charge in [0.05, 0.1) is 0 Å². The molecule has 0 fully saturated rings. The van der Waals surface area contributed by atoms with Gasteiger partial charge >= 0.3 is 0 Å². The molecule has 17 heavy (non-hydrogen) atoms. The van der Waals surface area contributed by atoms with Crippen LogP contribution in [0.1, 0.15) is 24.8 Å². The lowest BCUT2D eigenvalue weighted by Gasteiger charge is -2.11. The topological polar surface area (TPSA) is 29.9 Å². The van der Waals surface area contributed by atoms with Gasteiger partial charge in [0.25, 0.3) is 0 Å². The van der Waals surface area contributed by atoms with Crippen LogP contribution < -0.4 is 5.32 Å². The van der Waals surface area contributed by atoms with Crippen LogP contribution >= 0.6 is 0 Å². The highest BCUT2D eigenvalue weighted by Crippen LogP contribution is 2.18. The summed E-state index contributed by atoms with van der Waals surface area (Å²) in [5.41, 5.74) is 1.40. The largest absolute Gasteiger partial charge is 0.369 e. The molecule has 1 aromatic carbocycles. The van der Waals surface area contributed by atoms with Crippen molar-refractivity contribution in [3.63, 3.8) is 0 Å². The van der Waals surface area contributed by atoms with Crippen LogP contribution in [-0.4, -0.2) is 16.3 Å². The zero-order valence-corrected chi connectivity index (χ0v) is 10.4. The summed E-state index contributed by atoms with van der Waals surface area (Å²) < 4.78 is 1.81. The zero-order chi connectivity index (χ0) is 12.1. The highest BCUT2D eigenvalue weighted by molar-refractivity contribution is 5.32. The molecule has 0 aliphatic rings. The maximum atomic E-state index is 4.29. The number of aryl methyl sites for hydroxylation is 1. The van der Waals surface area contributed by atoms with Crippen LogP contribution in [0.2, 0.25) is 0 Å². The van der Waals surface area contributed by atoms with Crippen LogP contribution in [0.3, 0.4) is 0 Å². The second-order valence-corrected chi connectivity index (χ2v) is 4.40. The molecular formula is C14H19N3. The van der Waals surface area contributed by atoms with Crippen molar-refractivity contribution in [1.82, 2.24) is 9.78 Å². The summed E-state index contributed by atoms with van der Waals surface area (Å²) in [6.45, 7) is 3.21. The Labute approximate surface area is 102 Å². The molecule has 0 amide bonds. The summed E-state index contributed by atoms with van der Waals surface area (Å²) in [6, 6.07) is 12.6. The Morgan fingerprint density at radius 3 is 2.65 bits per heavy atom. The molecule has 1 aromatic heterocycles. The summed E-state index contributed by atoms with van der Waals surface area (Å²) in [5, 5.41) is 7.62. The van der Waals surface area contributed by atoms with Gasteiger partial charge in [-0.15, -0.1) is 0 Å². The maximum Gasteiger partial charge on any atom is 0.147 e. The highest BCUT2D eigenvalue weighted by atomic mass is 15.3. The van der Waals surface area contributed by atoms with E-state index in [9.17, 15) is 0 Å². The van der Waals surface area contributed by atoms with Gasteiger partial charge in [0.2, 0.25) is 0 Å². The van der Waals surface area contributed by atoms with Gasteiger partial charge in [0.1, 0.15) is 5.82 Å². The Morgan fingerprint density at radius 1 is 1.24 bits per heavy atom. The number of nitrogens with zero attached hydrogens (tertiary/aromatic N) is 2. The van der Waals surface area contributed by atoms with Crippen LogP contribution in [-0.2, 0) is 7.05 Å². The molecule has 1 atom stereocenters. The molecule has 90 valence electrons. The van der Waals surface area contributed by atoms with Gasteiger partial charge in [-0.2, -0.15) is 5.10 Å². The van der Waals surface area contributed by atoms with Crippen molar-refractivity contribution in [2.24, 2.45) is 7.05 Å². The van der Waals surface area contributed by atoms with E-state index < -0.39 is 0 Å². The van der Waals surface area contributed by atoms with Crippen LogP contribution in [0.25, 0.3) is 0 Å². The molecule has 1 N–H and O–H groups in total. The first-order valence-electron chi connectivity index (χ1n) is 6.04. The first-order valence-corrected chi connectivity index (χ1v) is 6.04. The number of anilines is 1. The number of aromatic nitrogens is 2. The maximum absolute atomic E-state index is 4.29. The molecule has 1 unspecified atom stereocenters. The summed E-state index contributed by atoms with van der Waals surface area (Å²) in [6.07, 6.45) is 3.06. The molecule has 3 nitrogen and oxygen atoms in total. The van der Waals surface area contributed by atoms with Gasteiger partial charge in [0, 0.05) is 25.9 Å². The average Bonchev–Trinajstić information content (AvgIpc) is 2.76. The molecule has 0 spiro atoms. The molecular weight excluding hydrogens is 210 g/mol. The summed E-state index contributed by atoms with van der Waals surface area (Å²) >= 11 is 0. The minimum absolute atomic E-state index is 0.576. The standard InChI is InChI=1S/C14H19N3/c1-12(13-6-4-3-5-7-13)8-10-15-14-9-11-17(2)16-14/h3-7,9,11-12H,8,10H2,1-2H3,(H,15,16). The lowest BCUT2D eigenvalue weighted by atomic mass is 9.98. The molecule has 0 aliphatic carbocycles. The van der Waals surface area contributed by atoms with Crippen molar-refractivity contribution in [3.8, 4) is 0 Å². The van der Waals surface area contributed by atoms with E-state index in [1.807, 2.05) is 24.0 Å². The molecule has 0 saturated carbocycles. The Balaban J connectivity index is 1.79. The predicted molar refractivity (Wildman–Crippen MR) is 71.2 cm³/mol. The third kappa shape index (κ3) is 3.34. The van der Waals surface area contributed by atoms with Crippen LogP contribution in [0.4, 0.5) is 5.82 Å². The molecule has 3 heteroatoms. The predicted octanol–water partition coefficient (Wildman–Crippen LogP) is 3.03.